The number of hydrogen-bond donors (Lipinski definition) is 1. The molecule has 0 bridgehead atoms. The Bertz CT molecular complexity index is 1800. The molecule has 0 spiro atoms. The van der Waals surface area contributed by atoms with Crippen LogP contribution in [0.2, 0.25) is 0 Å². The van der Waals surface area contributed by atoms with E-state index in [1.807, 2.05) is 54.6 Å². The third-order valence-electron chi connectivity index (χ3n) is 8.29. The molecular weight excluding hydrogens is 601 g/mol. The maximum absolute atomic E-state index is 13.1. The first-order valence-electron chi connectivity index (χ1n) is 14.9. The average Bonchev–Trinajstić information content (AvgIpc) is 3.39. The molecule has 1 N–H and O–H groups in total. The van der Waals surface area contributed by atoms with E-state index in [9.17, 15) is 15.3 Å². The van der Waals surface area contributed by atoms with E-state index in [4.69, 9.17) is 14.5 Å². The zero-order chi connectivity index (χ0) is 32.1. The first-order chi connectivity index (χ1) is 21.7. The second-order valence-electron chi connectivity index (χ2n) is 12.1. The number of rotatable bonds is 9. The van der Waals surface area contributed by atoms with Crippen LogP contribution in [0.3, 0.4) is 0 Å². The summed E-state index contributed by atoms with van der Waals surface area (Å²) < 4.78 is 11.1. The maximum Gasteiger partial charge on any atom is 0.225 e. The van der Waals surface area contributed by atoms with E-state index in [0.717, 1.165) is 30.4 Å². The lowest BCUT2D eigenvalue weighted by Gasteiger charge is -2.33. The molecule has 1 aliphatic rings. The van der Waals surface area contributed by atoms with Crippen LogP contribution in [-0.4, -0.2) is 30.9 Å². The minimum atomic E-state index is -0.169. The van der Waals surface area contributed by atoms with E-state index in [1.165, 1.54) is 28.0 Å². The molecule has 2 aromatic heterocycles. The summed E-state index contributed by atoms with van der Waals surface area (Å²) in [6, 6.07) is 21.8. The van der Waals surface area contributed by atoms with Crippen LogP contribution < -0.4 is 14.8 Å². The van der Waals surface area contributed by atoms with Gasteiger partial charge >= 0.3 is 0 Å². The quantitative estimate of drug-likeness (QED) is 0.184. The van der Waals surface area contributed by atoms with Crippen LogP contribution in [0.4, 0.5) is 5.00 Å². The van der Waals surface area contributed by atoms with Gasteiger partial charge in [-0.2, -0.15) is 10.5 Å². The lowest BCUT2D eigenvalue weighted by atomic mass is 9.72. The largest absolute Gasteiger partial charge is 0.497 e. The first kappa shape index (κ1) is 32.1. The van der Waals surface area contributed by atoms with Crippen LogP contribution in [0.5, 0.6) is 11.5 Å². The number of thioether (sulfide) groups is 1. The van der Waals surface area contributed by atoms with Crippen LogP contribution in [0.1, 0.15) is 55.2 Å². The SMILES string of the molecule is COc1ccc(OC)c(-c2cc(-c3ccccc3)nc(SCCC(=O)Nc3sc4c(c3C#N)CCC(C(C)(C)C)C4)c2C#N)c1. The maximum atomic E-state index is 13.1. The van der Waals surface area contributed by atoms with Crippen LogP contribution >= 0.6 is 23.1 Å². The molecule has 7 nitrogen and oxygen atoms in total. The first-order valence-corrected chi connectivity index (χ1v) is 16.7. The van der Waals surface area contributed by atoms with Crippen molar-refractivity contribution >= 4 is 34.0 Å². The number of nitrogens with zero attached hydrogens (tertiary/aromatic N) is 3. The predicted octanol–water partition coefficient (Wildman–Crippen LogP) is 8.51. The Labute approximate surface area is 273 Å². The van der Waals surface area contributed by atoms with Crippen molar-refractivity contribution in [1.82, 2.24) is 4.98 Å². The second kappa shape index (κ2) is 13.8. The van der Waals surface area contributed by atoms with Gasteiger partial charge in [0.1, 0.15) is 33.7 Å². The molecule has 45 heavy (non-hydrogen) atoms. The highest BCUT2D eigenvalue weighted by Crippen LogP contribution is 2.44. The van der Waals surface area contributed by atoms with E-state index in [-0.39, 0.29) is 17.7 Å². The average molecular weight is 637 g/mol. The Morgan fingerprint density at radius 1 is 1.04 bits per heavy atom. The highest BCUT2D eigenvalue weighted by Gasteiger charge is 2.32. The van der Waals surface area contributed by atoms with Crippen LogP contribution in [0.15, 0.2) is 59.6 Å². The van der Waals surface area contributed by atoms with Gasteiger partial charge in [-0.15, -0.1) is 23.1 Å². The summed E-state index contributed by atoms with van der Waals surface area (Å²) in [7, 11) is 3.19. The van der Waals surface area contributed by atoms with Crippen molar-refractivity contribution in [3.8, 4) is 46.0 Å². The van der Waals surface area contributed by atoms with Crippen LogP contribution in [-0.2, 0) is 17.6 Å². The molecular formula is C36H36N4O3S2. The van der Waals surface area contributed by atoms with Crippen molar-refractivity contribution in [2.45, 2.75) is 51.5 Å². The lowest BCUT2D eigenvalue weighted by molar-refractivity contribution is -0.115. The van der Waals surface area contributed by atoms with Gasteiger partial charge in [-0.25, -0.2) is 4.98 Å². The van der Waals surface area contributed by atoms with E-state index in [1.54, 1.807) is 14.2 Å². The van der Waals surface area contributed by atoms with Gasteiger partial charge in [-0.3, -0.25) is 4.79 Å². The molecule has 1 unspecified atom stereocenters. The number of carbonyl (C=O) groups excluding carboxylic acids is 1. The van der Waals surface area contributed by atoms with Gasteiger partial charge in [0.25, 0.3) is 0 Å². The minimum absolute atomic E-state index is 0.169. The summed E-state index contributed by atoms with van der Waals surface area (Å²) in [5.74, 6) is 2.02. The molecule has 0 fully saturated rings. The Balaban J connectivity index is 1.39. The van der Waals surface area contributed by atoms with E-state index < -0.39 is 0 Å². The van der Waals surface area contributed by atoms with E-state index in [0.29, 0.717) is 61.1 Å². The molecule has 9 heteroatoms. The Morgan fingerprint density at radius 3 is 2.47 bits per heavy atom. The molecule has 2 aromatic carbocycles. The van der Waals surface area contributed by atoms with Crippen molar-refractivity contribution < 1.29 is 14.3 Å². The number of carbonyl (C=O) groups is 1. The third-order valence-corrected chi connectivity index (χ3v) is 10.4. The molecule has 0 saturated carbocycles. The Hall–Kier alpha value is -4.31. The molecule has 1 atom stereocenters. The molecule has 230 valence electrons. The van der Waals surface area contributed by atoms with Crippen LogP contribution in [0.25, 0.3) is 22.4 Å². The highest BCUT2D eigenvalue weighted by atomic mass is 32.2. The predicted molar refractivity (Wildman–Crippen MR) is 181 cm³/mol. The number of amides is 1. The third kappa shape index (κ3) is 7.01. The topological polar surface area (TPSA) is 108 Å². The molecule has 0 saturated heterocycles. The van der Waals surface area contributed by atoms with Gasteiger partial charge in [0, 0.05) is 33.7 Å². The molecule has 1 aliphatic carbocycles. The van der Waals surface area contributed by atoms with Gasteiger partial charge in [0.05, 0.1) is 31.0 Å². The van der Waals surface area contributed by atoms with E-state index in [2.05, 4.69) is 38.2 Å². The number of fused-ring (bicyclic) bond motifs is 1. The van der Waals surface area contributed by atoms with Crippen molar-refractivity contribution in [1.29, 1.82) is 10.5 Å². The van der Waals surface area contributed by atoms with Gasteiger partial charge in [-0.05, 0) is 60.4 Å². The second-order valence-corrected chi connectivity index (χ2v) is 14.2. The Morgan fingerprint density at radius 2 is 1.80 bits per heavy atom. The fourth-order valence-corrected chi connectivity index (χ4v) is 7.93. The van der Waals surface area contributed by atoms with Crippen molar-refractivity contribution in [3.05, 3.63) is 76.2 Å². The summed E-state index contributed by atoms with van der Waals surface area (Å²) in [4.78, 5) is 19.2. The monoisotopic (exact) mass is 636 g/mol. The van der Waals surface area contributed by atoms with Gasteiger partial charge in [0.15, 0.2) is 0 Å². The highest BCUT2D eigenvalue weighted by molar-refractivity contribution is 7.99. The van der Waals surface area contributed by atoms with Gasteiger partial charge in [-0.1, -0.05) is 51.1 Å². The molecule has 1 amide bonds. The summed E-state index contributed by atoms with van der Waals surface area (Å²) >= 11 is 2.90. The van der Waals surface area contributed by atoms with Gasteiger partial charge in [0.2, 0.25) is 5.91 Å². The number of hydrogen-bond acceptors (Lipinski definition) is 8. The number of ether oxygens (including phenoxy) is 2. The van der Waals surface area contributed by atoms with Gasteiger partial charge < -0.3 is 14.8 Å². The molecule has 0 aliphatic heterocycles. The molecule has 5 rings (SSSR count). The smallest absolute Gasteiger partial charge is 0.225 e. The van der Waals surface area contributed by atoms with Crippen molar-refractivity contribution in [3.63, 3.8) is 0 Å². The molecule has 4 aromatic rings. The molecule has 2 heterocycles. The van der Waals surface area contributed by atoms with E-state index >= 15 is 0 Å². The summed E-state index contributed by atoms with van der Waals surface area (Å²) in [6.07, 6.45) is 3.04. The number of pyridine rings is 1. The zero-order valence-electron chi connectivity index (χ0n) is 26.2. The fourth-order valence-electron chi connectivity index (χ4n) is 5.69. The number of benzene rings is 2. The normalized spacial score (nSPS) is 14.2. The number of anilines is 1. The zero-order valence-corrected chi connectivity index (χ0v) is 27.8. The number of methoxy groups -OCH3 is 2. The number of nitriles is 2. The standard InChI is InChI=1S/C36H36N4O3S2/c1-36(2,3)23-11-13-25-28(20-37)35(45-32(25)17-23)40-33(41)15-16-44-34-29(21-38)26(19-30(39-34)22-9-7-6-8-10-22)27-18-24(42-4)12-14-31(27)43-5/h6-10,12,14,18-19,23H,11,13,15-17H2,1-5H3,(H,40,41). The number of aromatic nitrogens is 1. The van der Waals surface area contributed by atoms with Crippen molar-refractivity contribution in [2.75, 3.05) is 25.3 Å². The fraction of sp³-hybridized carbons (Fsp3) is 0.333. The summed E-state index contributed by atoms with van der Waals surface area (Å²) in [5.41, 5.74) is 5.29. The lowest BCUT2D eigenvalue weighted by Crippen LogP contribution is -2.26. The minimum Gasteiger partial charge on any atom is -0.497 e. The number of thiophene rings is 1. The summed E-state index contributed by atoms with van der Waals surface area (Å²) in [6.45, 7) is 6.79. The Kier molecular flexibility index (Phi) is 9.82. The number of nitrogens with one attached hydrogen (secondary N) is 1. The summed E-state index contributed by atoms with van der Waals surface area (Å²) in [5, 5.41) is 24.5. The van der Waals surface area contributed by atoms with Crippen molar-refractivity contribution in [2.24, 2.45) is 11.3 Å². The molecule has 0 radical (unpaired) electrons. The van der Waals surface area contributed by atoms with Crippen LogP contribution in [0, 0.1) is 34.0 Å².